The molecule has 0 saturated carbocycles. The lowest BCUT2D eigenvalue weighted by molar-refractivity contribution is -0.122. The number of hydrazone groups is 1. The highest BCUT2D eigenvalue weighted by atomic mass is 19.1. The molecule has 0 bridgehead atoms. The summed E-state index contributed by atoms with van der Waals surface area (Å²) >= 11 is 0. The van der Waals surface area contributed by atoms with Crippen molar-refractivity contribution in [3.63, 3.8) is 0 Å². The van der Waals surface area contributed by atoms with Crippen LogP contribution >= 0.6 is 0 Å². The second-order valence-corrected chi connectivity index (χ2v) is 7.83. The molecule has 2 aromatic carbocycles. The summed E-state index contributed by atoms with van der Waals surface area (Å²) in [6.45, 7) is 10.2. The van der Waals surface area contributed by atoms with E-state index in [9.17, 15) is 14.3 Å². The van der Waals surface area contributed by atoms with E-state index < -0.39 is 5.82 Å². The van der Waals surface area contributed by atoms with Gasteiger partial charge in [-0.15, -0.1) is 6.58 Å². The maximum absolute atomic E-state index is 13.7. The van der Waals surface area contributed by atoms with Crippen molar-refractivity contribution >= 4 is 12.1 Å². The minimum atomic E-state index is -0.481. The summed E-state index contributed by atoms with van der Waals surface area (Å²) < 4.78 is 13.7. The molecule has 1 fully saturated rings. The Morgan fingerprint density at radius 3 is 2.55 bits per heavy atom. The van der Waals surface area contributed by atoms with E-state index in [0.29, 0.717) is 12.0 Å². The van der Waals surface area contributed by atoms with Crippen molar-refractivity contribution < 1.29 is 14.3 Å². The predicted molar refractivity (Wildman–Crippen MR) is 121 cm³/mol. The van der Waals surface area contributed by atoms with Gasteiger partial charge in [-0.1, -0.05) is 35.9 Å². The van der Waals surface area contributed by atoms with E-state index in [2.05, 4.69) is 58.1 Å². The normalized spacial score (nSPS) is 15.3. The van der Waals surface area contributed by atoms with Crippen molar-refractivity contribution in [1.82, 2.24) is 15.2 Å². The molecule has 3 rings (SSSR count). The Labute approximate surface area is 182 Å². The number of carbonyl (C=O) groups excluding carboxylic acids is 1. The first kappa shape index (κ1) is 22.7. The van der Waals surface area contributed by atoms with Crippen LogP contribution in [0.2, 0.25) is 0 Å². The molecule has 0 atom stereocenters. The van der Waals surface area contributed by atoms with Crippen molar-refractivity contribution in [3.8, 4) is 5.75 Å². The van der Waals surface area contributed by atoms with Gasteiger partial charge in [0.25, 0.3) is 5.91 Å². The van der Waals surface area contributed by atoms with Crippen LogP contribution in [0.4, 0.5) is 4.39 Å². The number of nitrogens with zero attached hydrogens (tertiary/aromatic N) is 3. The molecular formula is C24H29FN4O2. The zero-order valence-corrected chi connectivity index (χ0v) is 17.9. The summed E-state index contributed by atoms with van der Waals surface area (Å²) in [5, 5.41) is 14.1. The number of nitrogens with one attached hydrogen (secondary N) is 1. The molecule has 1 aliphatic heterocycles. The average molecular weight is 425 g/mol. The topological polar surface area (TPSA) is 68.2 Å². The van der Waals surface area contributed by atoms with Gasteiger partial charge >= 0.3 is 0 Å². The highest BCUT2D eigenvalue weighted by Gasteiger charge is 2.19. The van der Waals surface area contributed by atoms with Crippen LogP contribution < -0.4 is 5.43 Å². The lowest BCUT2D eigenvalue weighted by Crippen LogP contribution is -2.48. The van der Waals surface area contributed by atoms with Crippen LogP contribution in [0.15, 0.2) is 54.2 Å². The maximum Gasteiger partial charge on any atom is 0.254 e. The Hall–Kier alpha value is -3.03. The largest absolute Gasteiger partial charge is 0.507 e. The van der Waals surface area contributed by atoms with Gasteiger partial charge in [-0.05, 0) is 31.0 Å². The van der Waals surface area contributed by atoms with Gasteiger partial charge in [-0.25, -0.2) is 9.82 Å². The van der Waals surface area contributed by atoms with Gasteiger partial charge < -0.3 is 5.11 Å². The molecule has 6 nitrogen and oxygen atoms in total. The van der Waals surface area contributed by atoms with Crippen molar-refractivity contribution in [2.24, 2.45) is 5.10 Å². The van der Waals surface area contributed by atoms with Gasteiger partial charge in [-0.3, -0.25) is 14.6 Å². The molecule has 0 spiro atoms. The van der Waals surface area contributed by atoms with Gasteiger partial charge in [0.2, 0.25) is 0 Å². The highest BCUT2D eigenvalue weighted by Crippen LogP contribution is 2.23. The van der Waals surface area contributed by atoms with Gasteiger partial charge in [0.15, 0.2) is 0 Å². The summed E-state index contributed by atoms with van der Waals surface area (Å²) in [4.78, 5) is 16.7. The third-order valence-electron chi connectivity index (χ3n) is 5.30. The minimum Gasteiger partial charge on any atom is -0.507 e. The van der Waals surface area contributed by atoms with E-state index in [-0.39, 0.29) is 23.8 Å². The number of hydrogen-bond acceptors (Lipinski definition) is 5. The van der Waals surface area contributed by atoms with Crippen LogP contribution in [0.3, 0.4) is 0 Å². The fourth-order valence-electron chi connectivity index (χ4n) is 3.56. The van der Waals surface area contributed by atoms with E-state index in [1.54, 1.807) is 6.08 Å². The Balaban J connectivity index is 1.44. The number of aromatic hydroxyl groups is 1. The van der Waals surface area contributed by atoms with Crippen LogP contribution in [0.5, 0.6) is 5.75 Å². The number of hydrogen-bond donors (Lipinski definition) is 2. The number of phenolic OH excluding ortho intramolecular Hbond substituents is 1. The summed E-state index contributed by atoms with van der Waals surface area (Å²) in [5.41, 5.74) is 5.64. The molecule has 1 saturated heterocycles. The zero-order chi connectivity index (χ0) is 22.2. The third kappa shape index (κ3) is 6.73. The number of aryl methyl sites for hydroxylation is 1. The monoisotopic (exact) mass is 424 g/mol. The molecule has 2 N–H and O–H groups in total. The van der Waals surface area contributed by atoms with Crippen LogP contribution in [-0.4, -0.2) is 59.8 Å². The molecule has 2 aromatic rings. The standard InChI is InChI=1S/C24H29FN4O2/c1-3-4-20-13-22(25)14-21(24(20)31)15-26-27-23(30)17-29-11-9-28(10-12-29)16-19-7-5-18(2)6-8-19/h3,5-8,13-15,31H,1,4,9-12,16-17H2,2H3,(H,27,30)/b26-15+. The van der Waals surface area contributed by atoms with Gasteiger partial charge in [0.1, 0.15) is 11.6 Å². The molecule has 164 valence electrons. The Morgan fingerprint density at radius 2 is 1.87 bits per heavy atom. The second kappa shape index (κ2) is 10.8. The van der Waals surface area contributed by atoms with Crippen molar-refractivity contribution in [2.45, 2.75) is 19.9 Å². The minimum absolute atomic E-state index is 0.0657. The number of rotatable bonds is 8. The molecular weight excluding hydrogens is 395 g/mol. The summed E-state index contributed by atoms with van der Waals surface area (Å²) in [6, 6.07) is 11.0. The lowest BCUT2D eigenvalue weighted by Gasteiger charge is -2.34. The lowest BCUT2D eigenvalue weighted by atomic mass is 10.1. The number of amides is 1. The SMILES string of the molecule is C=CCc1cc(F)cc(/C=N/NC(=O)CN2CCN(Cc3ccc(C)cc3)CC2)c1O. The smallest absolute Gasteiger partial charge is 0.254 e. The first-order valence-electron chi connectivity index (χ1n) is 10.4. The third-order valence-corrected chi connectivity index (χ3v) is 5.30. The summed E-state index contributed by atoms with van der Waals surface area (Å²) in [6.07, 6.45) is 3.17. The molecule has 0 radical (unpaired) electrons. The Morgan fingerprint density at radius 1 is 1.19 bits per heavy atom. The number of allylic oxidation sites excluding steroid dienone is 1. The number of benzene rings is 2. The van der Waals surface area contributed by atoms with Gasteiger partial charge in [0.05, 0.1) is 12.8 Å². The Bertz CT molecular complexity index is 935. The highest BCUT2D eigenvalue weighted by molar-refractivity contribution is 5.86. The van der Waals surface area contributed by atoms with Crippen LogP contribution in [0.25, 0.3) is 0 Å². The molecule has 1 heterocycles. The first-order chi connectivity index (χ1) is 14.9. The molecule has 1 amide bonds. The number of piperazine rings is 1. The molecule has 0 aliphatic carbocycles. The second-order valence-electron chi connectivity index (χ2n) is 7.83. The molecule has 0 unspecified atom stereocenters. The van der Waals surface area contributed by atoms with Crippen molar-refractivity contribution in [3.05, 3.63) is 77.1 Å². The summed E-state index contributed by atoms with van der Waals surface area (Å²) in [5.74, 6) is -0.791. The van der Waals surface area contributed by atoms with Crippen LogP contribution in [-0.2, 0) is 17.8 Å². The van der Waals surface area contributed by atoms with E-state index in [1.807, 2.05) is 0 Å². The van der Waals surface area contributed by atoms with E-state index in [4.69, 9.17) is 0 Å². The van der Waals surface area contributed by atoms with E-state index in [0.717, 1.165) is 32.7 Å². The fourth-order valence-corrected chi connectivity index (χ4v) is 3.56. The van der Waals surface area contributed by atoms with Crippen molar-refractivity contribution in [1.29, 1.82) is 0 Å². The number of carbonyl (C=O) groups is 1. The fraction of sp³-hybridized carbons (Fsp3) is 0.333. The van der Waals surface area contributed by atoms with Crippen molar-refractivity contribution in [2.75, 3.05) is 32.7 Å². The summed E-state index contributed by atoms with van der Waals surface area (Å²) in [7, 11) is 0. The van der Waals surface area contributed by atoms with Crippen LogP contribution in [0.1, 0.15) is 22.3 Å². The first-order valence-corrected chi connectivity index (χ1v) is 10.4. The Kier molecular flexibility index (Phi) is 7.92. The zero-order valence-electron chi connectivity index (χ0n) is 17.9. The maximum atomic E-state index is 13.7. The average Bonchev–Trinajstić information content (AvgIpc) is 2.74. The number of phenols is 1. The van der Waals surface area contributed by atoms with E-state index >= 15 is 0 Å². The molecule has 1 aliphatic rings. The molecule has 0 aromatic heterocycles. The number of halogens is 1. The molecule has 7 heteroatoms. The van der Waals surface area contributed by atoms with Gasteiger partial charge in [-0.2, -0.15) is 5.10 Å². The quantitative estimate of drug-likeness (QED) is 0.389. The van der Waals surface area contributed by atoms with Crippen LogP contribution in [0, 0.1) is 12.7 Å². The van der Waals surface area contributed by atoms with E-state index in [1.165, 1.54) is 29.5 Å². The predicted octanol–water partition coefficient (Wildman–Crippen LogP) is 2.84. The van der Waals surface area contributed by atoms with Gasteiger partial charge in [0, 0.05) is 43.9 Å². The molecule has 31 heavy (non-hydrogen) atoms.